The first-order valence-electron chi connectivity index (χ1n) is 5.67. The van der Waals surface area contributed by atoms with Crippen LogP contribution >= 0.6 is 11.6 Å². The molecule has 0 aliphatic heterocycles. The van der Waals surface area contributed by atoms with Crippen molar-refractivity contribution >= 4 is 22.5 Å². The van der Waals surface area contributed by atoms with Crippen molar-refractivity contribution in [2.24, 2.45) is 0 Å². The normalized spacial score (nSPS) is 11.1. The van der Waals surface area contributed by atoms with Crippen LogP contribution in [0.15, 0.2) is 18.2 Å². The lowest BCUT2D eigenvalue weighted by Crippen LogP contribution is -2.04. The molecule has 5 heteroatoms. The zero-order valence-corrected chi connectivity index (χ0v) is 11.2. The van der Waals surface area contributed by atoms with Crippen molar-refractivity contribution in [2.45, 2.75) is 13.2 Å². The van der Waals surface area contributed by atoms with Crippen molar-refractivity contribution in [3.8, 4) is 5.75 Å². The van der Waals surface area contributed by atoms with Crippen LogP contribution in [0.5, 0.6) is 5.75 Å². The van der Waals surface area contributed by atoms with Crippen LogP contribution in [0.2, 0.25) is 5.15 Å². The smallest absolute Gasteiger partial charge is 0.119 e. The van der Waals surface area contributed by atoms with Gasteiger partial charge in [-0.3, -0.25) is 0 Å². The molecule has 98 valence electrons. The molecule has 4 nitrogen and oxygen atoms in total. The second-order valence-corrected chi connectivity index (χ2v) is 4.31. The maximum Gasteiger partial charge on any atom is 0.119 e. The molecule has 0 bridgehead atoms. The molecule has 0 aliphatic carbocycles. The molecule has 0 aliphatic rings. The van der Waals surface area contributed by atoms with Gasteiger partial charge < -0.3 is 19.1 Å². The molecule has 0 amide bonds. The average molecular weight is 270 g/mol. The van der Waals surface area contributed by atoms with E-state index in [1.165, 1.54) is 0 Å². The number of hydrogen-bond donors (Lipinski definition) is 1. The minimum absolute atomic E-state index is 0.0948. The Kier molecular flexibility index (Phi) is 4.11. The molecule has 2 aromatic rings. The van der Waals surface area contributed by atoms with Gasteiger partial charge in [-0.25, -0.2) is 0 Å². The van der Waals surface area contributed by atoms with Crippen LogP contribution in [-0.2, 0) is 17.9 Å². The van der Waals surface area contributed by atoms with E-state index in [0.717, 1.165) is 22.2 Å². The van der Waals surface area contributed by atoms with Gasteiger partial charge in [0.15, 0.2) is 0 Å². The summed E-state index contributed by atoms with van der Waals surface area (Å²) in [4.78, 5) is 0. The second kappa shape index (κ2) is 5.61. The number of aromatic nitrogens is 1. The summed E-state index contributed by atoms with van der Waals surface area (Å²) >= 11 is 6.29. The third-order valence-corrected chi connectivity index (χ3v) is 3.41. The van der Waals surface area contributed by atoms with Crippen molar-refractivity contribution in [3.63, 3.8) is 0 Å². The predicted octanol–water partition coefficient (Wildman–Crippen LogP) is 2.44. The third kappa shape index (κ3) is 2.19. The van der Waals surface area contributed by atoms with Gasteiger partial charge >= 0.3 is 0 Å². The van der Waals surface area contributed by atoms with Gasteiger partial charge in [-0.1, -0.05) is 11.6 Å². The van der Waals surface area contributed by atoms with E-state index in [-0.39, 0.29) is 6.61 Å². The van der Waals surface area contributed by atoms with E-state index >= 15 is 0 Å². The van der Waals surface area contributed by atoms with E-state index in [9.17, 15) is 5.11 Å². The van der Waals surface area contributed by atoms with Crippen molar-refractivity contribution in [3.05, 3.63) is 28.9 Å². The predicted molar refractivity (Wildman–Crippen MR) is 71.3 cm³/mol. The Bertz CT molecular complexity index is 551. The quantitative estimate of drug-likeness (QED) is 0.907. The lowest BCUT2D eigenvalue weighted by molar-refractivity contribution is 0.188. The number of aliphatic hydroxyl groups is 1. The summed E-state index contributed by atoms with van der Waals surface area (Å²) in [5.74, 6) is 0.748. The van der Waals surface area contributed by atoms with Crippen LogP contribution in [0.25, 0.3) is 10.9 Å². The highest BCUT2D eigenvalue weighted by molar-refractivity contribution is 6.32. The molecule has 1 heterocycles. The number of rotatable bonds is 5. The SMILES string of the molecule is COCCn1c(Cl)c(CO)c2cc(OC)ccc21. The van der Waals surface area contributed by atoms with E-state index in [1.54, 1.807) is 14.2 Å². The maximum absolute atomic E-state index is 9.45. The molecule has 0 spiro atoms. The first-order chi connectivity index (χ1) is 8.72. The molecular formula is C13H16ClNO3. The maximum atomic E-state index is 9.45. The Labute approximate surface area is 111 Å². The van der Waals surface area contributed by atoms with Crippen LogP contribution in [-0.4, -0.2) is 30.5 Å². The molecule has 0 radical (unpaired) electrons. The summed E-state index contributed by atoms with van der Waals surface area (Å²) in [5, 5.41) is 10.9. The fourth-order valence-electron chi connectivity index (χ4n) is 2.05. The highest BCUT2D eigenvalue weighted by Gasteiger charge is 2.15. The lowest BCUT2D eigenvalue weighted by atomic mass is 10.2. The van der Waals surface area contributed by atoms with E-state index in [2.05, 4.69) is 0 Å². The van der Waals surface area contributed by atoms with Crippen molar-refractivity contribution in [1.29, 1.82) is 0 Å². The van der Waals surface area contributed by atoms with Crippen LogP contribution in [0.4, 0.5) is 0 Å². The monoisotopic (exact) mass is 269 g/mol. The molecular weight excluding hydrogens is 254 g/mol. The number of nitrogens with zero attached hydrogens (tertiary/aromatic N) is 1. The van der Waals surface area contributed by atoms with Crippen LogP contribution in [0, 0.1) is 0 Å². The molecule has 1 aromatic carbocycles. The van der Waals surface area contributed by atoms with Crippen LogP contribution in [0.1, 0.15) is 5.56 Å². The zero-order chi connectivity index (χ0) is 13.1. The highest BCUT2D eigenvalue weighted by atomic mass is 35.5. The Morgan fingerprint density at radius 1 is 1.33 bits per heavy atom. The zero-order valence-electron chi connectivity index (χ0n) is 10.4. The molecule has 1 N–H and O–H groups in total. The first kappa shape index (κ1) is 13.2. The molecule has 0 saturated heterocycles. The van der Waals surface area contributed by atoms with Crippen LogP contribution < -0.4 is 4.74 Å². The van der Waals surface area contributed by atoms with E-state index in [0.29, 0.717) is 18.3 Å². The van der Waals surface area contributed by atoms with Crippen molar-refractivity contribution in [1.82, 2.24) is 4.57 Å². The molecule has 0 atom stereocenters. The number of benzene rings is 1. The fraction of sp³-hybridized carbons (Fsp3) is 0.385. The van der Waals surface area contributed by atoms with Gasteiger partial charge in [0.05, 0.1) is 20.3 Å². The first-order valence-corrected chi connectivity index (χ1v) is 6.05. The van der Waals surface area contributed by atoms with Gasteiger partial charge in [-0.2, -0.15) is 0 Å². The summed E-state index contributed by atoms with van der Waals surface area (Å²) in [6.07, 6.45) is 0. The lowest BCUT2D eigenvalue weighted by Gasteiger charge is -2.06. The molecule has 0 fully saturated rings. The Balaban J connectivity index is 2.60. The summed E-state index contributed by atoms with van der Waals surface area (Å²) in [5.41, 5.74) is 1.70. The summed E-state index contributed by atoms with van der Waals surface area (Å²) in [7, 11) is 3.26. The number of ether oxygens (including phenoxy) is 2. The Morgan fingerprint density at radius 2 is 2.11 bits per heavy atom. The van der Waals surface area contributed by atoms with E-state index in [4.69, 9.17) is 21.1 Å². The Hall–Kier alpha value is -1.23. The Morgan fingerprint density at radius 3 is 2.72 bits per heavy atom. The molecule has 0 unspecified atom stereocenters. The average Bonchev–Trinajstić information content (AvgIpc) is 2.66. The fourth-order valence-corrected chi connectivity index (χ4v) is 2.39. The third-order valence-electron chi connectivity index (χ3n) is 2.98. The highest BCUT2D eigenvalue weighted by Crippen LogP contribution is 2.32. The molecule has 2 rings (SSSR count). The van der Waals surface area contributed by atoms with Gasteiger partial charge in [-0.15, -0.1) is 0 Å². The van der Waals surface area contributed by atoms with Crippen molar-refractivity contribution in [2.75, 3.05) is 20.8 Å². The second-order valence-electron chi connectivity index (χ2n) is 3.95. The van der Waals surface area contributed by atoms with E-state index < -0.39 is 0 Å². The van der Waals surface area contributed by atoms with Gasteiger partial charge in [-0.05, 0) is 18.2 Å². The molecule has 18 heavy (non-hydrogen) atoms. The molecule has 0 saturated carbocycles. The van der Waals surface area contributed by atoms with E-state index in [1.807, 2.05) is 22.8 Å². The minimum atomic E-state index is -0.0948. The summed E-state index contributed by atoms with van der Waals surface area (Å²) in [6.45, 7) is 1.13. The van der Waals surface area contributed by atoms with Gasteiger partial charge in [0.2, 0.25) is 0 Å². The van der Waals surface area contributed by atoms with Gasteiger partial charge in [0.1, 0.15) is 10.9 Å². The summed E-state index contributed by atoms with van der Waals surface area (Å²) in [6, 6.07) is 5.70. The number of methoxy groups -OCH3 is 2. The van der Waals surface area contributed by atoms with Gasteiger partial charge in [0, 0.05) is 30.1 Å². The number of fused-ring (bicyclic) bond motifs is 1. The topological polar surface area (TPSA) is 43.6 Å². The van der Waals surface area contributed by atoms with Crippen molar-refractivity contribution < 1.29 is 14.6 Å². The molecule has 1 aromatic heterocycles. The largest absolute Gasteiger partial charge is 0.497 e. The van der Waals surface area contributed by atoms with Gasteiger partial charge in [0.25, 0.3) is 0 Å². The van der Waals surface area contributed by atoms with Crippen LogP contribution in [0.3, 0.4) is 0 Å². The minimum Gasteiger partial charge on any atom is -0.497 e. The summed E-state index contributed by atoms with van der Waals surface area (Å²) < 4.78 is 12.2. The number of halogens is 1. The number of aliphatic hydroxyl groups excluding tert-OH is 1. The standard InChI is InChI=1S/C13H16ClNO3/c1-17-6-5-15-12-4-3-9(18-2)7-10(12)11(8-16)13(15)14/h3-4,7,16H,5-6,8H2,1-2H3. The number of hydrogen-bond acceptors (Lipinski definition) is 3.